The van der Waals surface area contributed by atoms with E-state index in [1.165, 1.54) is 12.8 Å². The molecule has 3 rings (SSSR count). The van der Waals surface area contributed by atoms with Crippen molar-refractivity contribution < 1.29 is 9.21 Å². The number of para-hydroxylation sites is 1. The molecule has 124 valence electrons. The molecule has 1 heterocycles. The van der Waals surface area contributed by atoms with Crippen LogP contribution in [0.15, 0.2) is 34.7 Å². The van der Waals surface area contributed by atoms with Gasteiger partial charge < -0.3 is 15.1 Å². The van der Waals surface area contributed by atoms with Crippen molar-refractivity contribution in [1.29, 1.82) is 0 Å². The van der Waals surface area contributed by atoms with Crippen LogP contribution < -0.4 is 5.73 Å². The molecule has 0 bridgehead atoms. The van der Waals surface area contributed by atoms with Crippen LogP contribution in [0.3, 0.4) is 0 Å². The van der Waals surface area contributed by atoms with Crippen LogP contribution in [-0.4, -0.2) is 23.9 Å². The number of nitrogens with two attached hydrogens (primary N) is 1. The fourth-order valence-electron chi connectivity index (χ4n) is 3.47. The van der Waals surface area contributed by atoms with Gasteiger partial charge in [-0.05, 0) is 37.8 Å². The van der Waals surface area contributed by atoms with Crippen molar-refractivity contribution >= 4 is 16.9 Å². The fraction of sp³-hybridized carbons (Fsp3) is 0.526. The zero-order valence-electron chi connectivity index (χ0n) is 14.0. The highest BCUT2D eigenvalue weighted by Gasteiger charge is 2.27. The number of hydrogen-bond acceptors (Lipinski definition) is 3. The summed E-state index contributed by atoms with van der Waals surface area (Å²) in [4.78, 5) is 14.4. The summed E-state index contributed by atoms with van der Waals surface area (Å²) in [6, 6.07) is 10.0. The van der Waals surface area contributed by atoms with Crippen LogP contribution in [-0.2, 0) is 4.79 Å². The molecule has 1 aromatic carbocycles. The van der Waals surface area contributed by atoms with E-state index in [9.17, 15) is 4.79 Å². The van der Waals surface area contributed by atoms with E-state index in [-0.39, 0.29) is 18.0 Å². The quantitative estimate of drug-likeness (QED) is 0.932. The molecule has 0 saturated heterocycles. The van der Waals surface area contributed by atoms with Crippen LogP contribution in [0.25, 0.3) is 11.0 Å². The minimum absolute atomic E-state index is 0.0743. The molecule has 0 radical (unpaired) electrons. The van der Waals surface area contributed by atoms with Gasteiger partial charge in [-0.15, -0.1) is 0 Å². The average Bonchev–Trinajstić information content (AvgIpc) is 2.99. The van der Waals surface area contributed by atoms with Crippen molar-refractivity contribution in [2.45, 2.75) is 51.1 Å². The van der Waals surface area contributed by atoms with Crippen molar-refractivity contribution in [3.8, 4) is 0 Å². The summed E-state index contributed by atoms with van der Waals surface area (Å²) in [5.41, 5.74) is 7.04. The number of fused-ring (bicyclic) bond motifs is 1. The molecule has 3 unspecified atom stereocenters. The van der Waals surface area contributed by atoms with Crippen LogP contribution in [0.5, 0.6) is 0 Å². The lowest BCUT2D eigenvalue weighted by Crippen LogP contribution is -2.38. The lowest BCUT2D eigenvalue weighted by molar-refractivity contribution is -0.133. The highest BCUT2D eigenvalue weighted by molar-refractivity contribution is 5.79. The predicted octanol–water partition coefficient (Wildman–Crippen LogP) is 3.86. The summed E-state index contributed by atoms with van der Waals surface area (Å²) in [6.45, 7) is 2.01. The van der Waals surface area contributed by atoms with Gasteiger partial charge in [0.25, 0.3) is 0 Å². The number of hydrogen-bond donors (Lipinski definition) is 1. The van der Waals surface area contributed by atoms with Crippen molar-refractivity contribution in [2.75, 3.05) is 7.05 Å². The number of amides is 1. The van der Waals surface area contributed by atoms with E-state index in [1.54, 1.807) is 4.90 Å². The molecule has 1 saturated carbocycles. The second-order valence-corrected chi connectivity index (χ2v) is 6.78. The Balaban J connectivity index is 1.68. The first kappa shape index (κ1) is 16.1. The standard InChI is InChI=1S/C19H26N2O2/c1-13(18-11-15-8-4-6-10-17(15)23-18)21(2)19(22)12-14-7-3-5-9-16(14)20/h4,6,8,10-11,13-14,16H,3,5,7,9,12,20H2,1-2H3. The lowest BCUT2D eigenvalue weighted by Gasteiger charge is -2.31. The zero-order valence-corrected chi connectivity index (χ0v) is 14.0. The van der Waals surface area contributed by atoms with E-state index in [4.69, 9.17) is 10.2 Å². The molecule has 1 aliphatic carbocycles. The molecule has 23 heavy (non-hydrogen) atoms. The van der Waals surface area contributed by atoms with E-state index in [2.05, 4.69) is 0 Å². The number of rotatable bonds is 4. The van der Waals surface area contributed by atoms with Gasteiger partial charge in [0.1, 0.15) is 11.3 Å². The molecule has 0 spiro atoms. The molecule has 3 atom stereocenters. The van der Waals surface area contributed by atoms with Gasteiger partial charge in [-0.1, -0.05) is 31.0 Å². The minimum Gasteiger partial charge on any atom is -0.459 e. The van der Waals surface area contributed by atoms with E-state index in [1.807, 2.05) is 44.3 Å². The average molecular weight is 314 g/mol. The summed E-state index contributed by atoms with van der Waals surface area (Å²) in [6.07, 6.45) is 5.04. The summed E-state index contributed by atoms with van der Waals surface area (Å²) in [5, 5.41) is 1.07. The second-order valence-electron chi connectivity index (χ2n) is 6.78. The van der Waals surface area contributed by atoms with Gasteiger partial charge in [0.05, 0.1) is 6.04 Å². The molecule has 1 aromatic heterocycles. The van der Waals surface area contributed by atoms with Gasteiger partial charge in [0.15, 0.2) is 0 Å². The molecule has 4 nitrogen and oxygen atoms in total. The number of nitrogens with zero attached hydrogens (tertiary/aromatic N) is 1. The smallest absolute Gasteiger partial charge is 0.223 e. The maximum Gasteiger partial charge on any atom is 0.223 e. The molecule has 0 aliphatic heterocycles. The first-order valence-corrected chi connectivity index (χ1v) is 8.56. The molecule has 1 amide bonds. The van der Waals surface area contributed by atoms with Crippen LogP contribution in [0.2, 0.25) is 0 Å². The van der Waals surface area contributed by atoms with Crippen molar-refractivity contribution in [3.05, 3.63) is 36.1 Å². The summed E-state index contributed by atoms with van der Waals surface area (Å²) in [5.74, 6) is 1.30. The van der Waals surface area contributed by atoms with Crippen molar-refractivity contribution in [2.24, 2.45) is 11.7 Å². The maximum absolute atomic E-state index is 12.6. The summed E-state index contributed by atoms with van der Waals surface area (Å²) >= 11 is 0. The predicted molar refractivity (Wildman–Crippen MR) is 91.9 cm³/mol. The number of carbonyl (C=O) groups excluding carboxylic acids is 1. The Hall–Kier alpha value is -1.81. The van der Waals surface area contributed by atoms with Crippen LogP contribution >= 0.6 is 0 Å². The fourth-order valence-corrected chi connectivity index (χ4v) is 3.47. The molecule has 2 aromatic rings. The van der Waals surface area contributed by atoms with Gasteiger partial charge in [-0.3, -0.25) is 4.79 Å². The number of benzene rings is 1. The number of carbonyl (C=O) groups is 1. The topological polar surface area (TPSA) is 59.5 Å². The van der Waals surface area contributed by atoms with Gasteiger partial charge in [0, 0.05) is 24.9 Å². The van der Waals surface area contributed by atoms with E-state index < -0.39 is 0 Å². The van der Waals surface area contributed by atoms with Crippen molar-refractivity contribution in [1.82, 2.24) is 4.90 Å². The van der Waals surface area contributed by atoms with Crippen LogP contribution in [0.1, 0.15) is 50.8 Å². The second kappa shape index (κ2) is 6.75. The largest absolute Gasteiger partial charge is 0.459 e. The SMILES string of the molecule is CC(c1cc2ccccc2o1)N(C)C(=O)CC1CCCCC1N. The van der Waals surface area contributed by atoms with Crippen LogP contribution in [0.4, 0.5) is 0 Å². The van der Waals surface area contributed by atoms with Gasteiger partial charge in [-0.2, -0.15) is 0 Å². The summed E-state index contributed by atoms with van der Waals surface area (Å²) < 4.78 is 5.89. The van der Waals surface area contributed by atoms with E-state index >= 15 is 0 Å². The first-order valence-electron chi connectivity index (χ1n) is 8.56. The maximum atomic E-state index is 12.6. The Morgan fingerprint density at radius 2 is 2.09 bits per heavy atom. The monoisotopic (exact) mass is 314 g/mol. The molecular weight excluding hydrogens is 288 g/mol. The Morgan fingerprint density at radius 1 is 1.35 bits per heavy atom. The zero-order chi connectivity index (χ0) is 16.4. The molecular formula is C19H26N2O2. The Morgan fingerprint density at radius 3 is 2.83 bits per heavy atom. The Labute approximate surface area is 137 Å². The van der Waals surface area contributed by atoms with Crippen molar-refractivity contribution in [3.63, 3.8) is 0 Å². The molecule has 1 fully saturated rings. The Kier molecular flexibility index (Phi) is 4.71. The first-order chi connectivity index (χ1) is 11.1. The third kappa shape index (κ3) is 3.42. The highest BCUT2D eigenvalue weighted by Crippen LogP contribution is 2.30. The minimum atomic E-state index is -0.0743. The third-order valence-corrected chi connectivity index (χ3v) is 5.24. The third-order valence-electron chi connectivity index (χ3n) is 5.24. The van der Waals surface area contributed by atoms with E-state index in [0.29, 0.717) is 12.3 Å². The van der Waals surface area contributed by atoms with Gasteiger partial charge >= 0.3 is 0 Å². The van der Waals surface area contributed by atoms with Crippen LogP contribution in [0, 0.1) is 5.92 Å². The lowest BCUT2D eigenvalue weighted by atomic mass is 9.82. The molecule has 4 heteroatoms. The number of furan rings is 1. The summed E-state index contributed by atoms with van der Waals surface area (Å²) in [7, 11) is 1.86. The normalized spacial score (nSPS) is 22.9. The molecule has 2 N–H and O–H groups in total. The van der Waals surface area contributed by atoms with Gasteiger partial charge in [0.2, 0.25) is 5.91 Å². The van der Waals surface area contributed by atoms with E-state index in [0.717, 1.165) is 29.6 Å². The highest BCUT2D eigenvalue weighted by atomic mass is 16.3. The Bertz CT molecular complexity index is 646. The molecule has 1 aliphatic rings. The van der Waals surface area contributed by atoms with Gasteiger partial charge in [-0.25, -0.2) is 0 Å².